The zero-order valence-corrected chi connectivity index (χ0v) is 34.9. The second-order valence-corrected chi connectivity index (χ2v) is 29.3. The van der Waals surface area contributed by atoms with E-state index in [1.165, 1.54) is 102 Å². The van der Waals surface area contributed by atoms with Crippen LogP contribution in [0.2, 0.25) is 0 Å². The Morgan fingerprint density at radius 1 is 0.236 bits per heavy atom. The maximum Gasteiger partial charge on any atom is 0.0819 e. The Bertz CT molecular complexity index is 1980. The second-order valence-electron chi connectivity index (χ2n) is 29.3. The standard InChI is InChI=1S/C52H72N3/c1-53(2)11-21-22(12-53)28-18-8-10-20-30-24-14-55(5,6)16-26(24)36-35-25-15-54(3,4)13-23(25)29-19-9-7-17-27(21)37-38(28)42-32(18)34(20)44-40(30)46(36)47-45(35)39(29)43-33(19)31(17)41(37)48-49(42)51(44)52(47)50(43)48/h7,9,17-52H,8,10-16H2,1-6H3/q+3. The summed E-state index contributed by atoms with van der Waals surface area (Å²) in [5, 5.41) is 0. The molecule has 0 radical (unpaired) electrons. The van der Waals surface area contributed by atoms with Gasteiger partial charge in [-0.25, -0.2) is 0 Å². The van der Waals surface area contributed by atoms with Gasteiger partial charge in [0.2, 0.25) is 0 Å². The average molecular weight is 739 g/mol. The molecule has 36 unspecified atom stereocenters. The van der Waals surface area contributed by atoms with Gasteiger partial charge >= 0.3 is 0 Å². The van der Waals surface area contributed by atoms with Crippen LogP contribution in [0.15, 0.2) is 12.2 Å². The van der Waals surface area contributed by atoms with E-state index in [1.54, 1.807) is 52.1 Å². The van der Waals surface area contributed by atoms with E-state index in [4.69, 9.17) is 0 Å². The molecule has 0 aromatic carbocycles. The number of quaternary nitrogens is 3. The van der Waals surface area contributed by atoms with Gasteiger partial charge in [0.1, 0.15) is 0 Å². The maximum absolute atomic E-state index is 3.14. The van der Waals surface area contributed by atoms with E-state index in [1.807, 2.05) is 0 Å². The van der Waals surface area contributed by atoms with Crippen molar-refractivity contribution in [3.05, 3.63) is 12.2 Å². The maximum atomic E-state index is 3.14. The lowest BCUT2D eigenvalue weighted by Gasteiger charge is -2.62. The van der Waals surface area contributed by atoms with Crippen LogP contribution in [-0.2, 0) is 0 Å². The molecule has 16 aliphatic carbocycles. The van der Waals surface area contributed by atoms with Crippen LogP contribution in [0.3, 0.4) is 0 Å². The van der Waals surface area contributed by atoms with Crippen LogP contribution in [-0.4, -0.2) is 95.0 Å². The molecule has 3 heterocycles. The highest BCUT2D eigenvalue weighted by atomic mass is 15.3. The van der Waals surface area contributed by atoms with Gasteiger partial charge in [-0.2, -0.15) is 0 Å². The molecule has 0 aromatic rings. The highest BCUT2D eigenvalue weighted by molar-refractivity contribution is 5.39. The summed E-state index contributed by atoms with van der Waals surface area (Å²) in [5.41, 5.74) is 0. The van der Waals surface area contributed by atoms with Gasteiger partial charge in [-0.3, -0.25) is 0 Å². The molecule has 3 aliphatic heterocycles. The van der Waals surface area contributed by atoms with Crippen LogP contribution in [0.1, 0.15) is 12.8 Å². The predicted molar refractivity (Wildman–Crippen MR) is 210 cm³/mol. The summed E-state index contributed by atoms with van der Waals surface area (Å²) in [4.78, 5) is 0. The molecule has 19 rings (SSSR count). The van der Waals surface area contributed by atoms with Crippen LogP contribution in [0.4, 0.5) is 0 Å². The summed E-state index contributed by atoms with van der Waals surface area (Å²) in [7, 11) is 16.3. The highest BCUT2D eigenvalue weighted by Gasteiger charge is 2.91. The number of likely N-dealkylation sites (tertiary alicyclic amines) is 3. The fourth-order valence-corrected chi connectivity index (χ4v) is 30.5. The number of hydrogen-bond donors (Lipinski definition) is 0. The van der Waals surface area contributed by atoms with Gasteiger partial charge in [0.05, 0.1) is 81.6 Å². The number of rotatable bonds is 0. The van der Waals surface area contributed by atoms with E-state index in [9.17, 15) is 0 Å². The molecule has 3 nitrogen and oxygen atoms in total. The second kappa shape index (κ2) is 8.07. The monoisotopic (exact) mass is 739 g/mol. The molecule has 0 bridgehead atoms. The van der Waals surface area contributed by atoms with E-state index in [0.717, 1.165) is 124 Å². The van der Waals surface area contributed by atoms with Crippen LogP contribution < -0.4 is 0 Å². The Morgan fingerprint density at radius 3 is 0.800 bits per heavy atom. The summed E-state index contributed by atoms with van der Waals surface area (Å²) in [6.07, 6.45) is 9.69. The zero-order valence-electron chi connectivity index (χ0n) is 34.9. The quantitative estimate of drug-likeness (QED) is 0.212. The topological polar surface area (TPSA) is 0 Å². The molecule has 0 spiro atoms. The number of fused-ring (bicyclic) bond motifs is 14. The van der Waals surface area contributed by atoms with Crippen molar-refractivity contribution < 1.29 is 13.4 Å². The van der Waals surface area contributed by atoms with Gasteiger partial charge in [0, 0.05) is 35.5 Å². The van der Waals surface area contributed by atoms with Crippen LogP contribution in [0, 0.1) is 213 Å². The van der Waals surface area contributed by atoms with Gasteiger partial charge < -0.3 is 13.4 Å². The summed E-state index contributed by atoms with van der Waals surface area (Å²) in [6.45, 7) is 9.36. The van der Waals surface area contributed by atoms with Gasteiger partial charge in [-0.1, -0.05) is 12.2 Å². The molecule has 55 heavy (non-hydrogen) atoms. The summed E-state index contributed by atoms with van der Waals surface area (Å²) in [5.74, 6) is 41.0. The fourth-order valence-electron chi connectivity index (χ4n) is 30.5. The first-order chi connectivity index (χ1) is 26.5. The van der Waals surface area contributed by atoms with Crippen molar-refractivity contribution in [3.63, 3.8) is 0 Å². The van der Waals surface area contributed by atoms with Crippen molar-refractivity contribution in [2.24, 2.45) is 213 Å². The molecule has 0 amide bonds. The number of nitrogens with zero attached hydrogens (tertiary/aromatic N) is 3. The first-order valence-electron chi connectivity index (χ1n) is 25.7. The molecular formula is C52H72N3+3. The van der Waals surface area contributed by atoms with Crippen molar-refractivity contribution in [2.75, 3.05) is 81.6 Å². The largest absolute Gasteiger partial charge is 0.328 e. The lowest BCUT2D eigenvalue weighted by atomic mass is 9.42. The molecule has 18 fully saturated rings. The molecular weight excluding hydrogens is 667 g/mol. The van der Waals surface area contributed by atoms with Gasteiger partial charge in [0.25, 0.3) is 0 Å². The molecule has 292 valence electrons. The molecule has 36 atom stereocenters. The van der Waals surface area contributed by atoms with E-state index < -0.39 is 0 Å². The van der Waals surface area contributed by atoms with Crippen molar-refractivity contribution in [1.82, 2.24) is 0 Å². The highest BCUT2D eigenvalue weighted by Crippen LogP contribution is 2.94. The Morgan fingerprint density at radius 2 is 0.455 bits per heavy atom. The molecule has 3 saturated heterocycles. The van der Waals surface area contributed by atoms with Crippen LogP contribution in [0.25, 0.3) is 0 Å². The summed E-state index contributed by atoms with van der Waals surface area (Å²) in [6, 6.07) is 0. The zero-order chi connectivity index (χ0) is 35.4. The van der Waals surface area contributed by atoms with Crippen molar-refractivity contribution in [1.29, 1.82) is 0 Å². The Hall–Kier alpha value is -0.380. The average Bonchev–Trinajstić information content (AvgIpc) is 3.98. The van der Waals surface area contributed by atoms with Gasteiger partial charge in [-0.15, -0.1) is 0 Å². The normalized spacial score (nSPS) is 80.3. The lowest BCUT2D eigenvalue weighted by Crippen LogP contribution is -2.59. The number of allylic oxidation sites excluding steroid dienone is 2. The number of hydrogen-bond acceptors (Lipinski definition) is 0. The van der Waals surface area contributed by atoms with Gasteiger partial charge in [-0.05, 0) is 190 Å². The van der Waals surface area contributed by atoms with E-state index in [-0.39, 0.29) is 0 Å². The van der Waals surface area contributed by atoms with Crippen LogP contribution >= 0.6 is 0 Å². The first kappa shape index (κ1) is 29.8. The smallest absolute Gasteiger partial charge is 0.0819 e. The molecule has 0 N–H and O–H groups in total. The fraction of sp³-hybridized carbons (Fsp3) is 0.962. The van der Waals surface area contributed by atoms with Crippen molar-refractivity contribution in [3.8, 4) is 0 Å². The third kappa shape index (κ3) is 2.57. The van der Waals surface area contributed by atoms with Crippen LogP contribution in [0.5, 0.6) is 0 Å². The molecule has 3 heteroatoms. The Labute approximate surface area is 331 Å². The predicted octanol–water partition coefficient (Wildman–Crippen LogP) is 5.99. The molecule has 15 saturated carbocycles. The SMILES string of the molecule is C[N+]1(C)CC2C(C1)C1C3CCC4C5C6C[N+](C)(C)CC6C6C7C8C[N+](C)(C)CC8C8C9C=CC%10C2C2C1C1C3C4C3C5C6C4C7C8C5C9C%10C2C2C5C4C3C12. The first-order valence-corrected chi connectivity index (χ1v) is 25.7. The Balaban J connectivity index is 0.947. The van der Waals surface area contributed by atoms with E-state index in [0.29, 0.717) is 0 Å². The molecule has 0 aromatic heterocycles. The molecule has 19 aliphatic rings. The van der Waals surface area contributed by atoms with Gasteiger partial charge in [0.15, 0.2) is 0 Å². The minimum Gasteiger partial charge on any atom is -0.328 e. The summed E-state index contributed by atoms with van der Waals surface area (Å²) < 4.78 is 4.12. The van der Waals surface area contributed by atoms with Crippen molar-refractivity contribution >= 4 is 0 Å². The van der Waals surface area contributed by atoms with E-state index in [2.05, 4.69) is 54.4 Å². The Kier molecular flexibility index (Phi) is 4.37. The third-order valence-electron chi connectivity index (χ3n) is 28.2. The minimum atomic E-state index is 0.983. The summed E-state index contributed by atoms with van der Waals surface area (Å²) >= 11 is 0. The minimum absolute atomic E-state index is 0.983. The van der Waals surface area contributed by atoms with E-state index >= 15 is 0 Å². The lowest BCUT2D eigenvalue weighted by molar-refractivity contribution is -0.881. The van der Waals surface area contributed by atoms with Crippen molar-refractivity contribution in [2.45, 2.75) is 12.8 Å². The third-order valence-corrected chi connectivity index (χ3v) is 28.2.